The van der Waals surface area contributed by atoms with Crippen LogP contribution >= 0.6 is 23.5 Å². The molecule has 6 heterocycles. The minimum atomic E-state index is -5.54. The van der Waals surface area contributed by atoms with Crippen LogP contribution in [0.4, 0.5) is 0 Å². The Morgan fingerprint density at radius 3 is 2.24 bits per heavy atom. The highest BCUT2D eigenvalue weighted by Gasteiger charge is 2.51. The fraction of sp³-hybridized carbons (Fsp3) is 0.435. The zero-order valence-corrected chi connectivity index (χ0v) is 27.5. The lowest BCUT2D eigenvalue weighted by Gasteiger charge is -2.22. The van der Waals surface area contributed by atoms with Crippen LogP contribution in [0.15, 0.2) is 49.6 Å². The highest BCUT2D eigenvalue weighted by atomic mass is 31.3. The minimum Gasteiger partial charge on any atom is -0.477 e. The molecular formula is C23H28N6O18P3+. The molecule has 50 heavy (non-hydrogen) atoms. The maximum absolute atomic E-state index is 12.6. The fourth-order valence-electron chi connectivity index (χ4n) is 5.29. The molecule has 0 aromatic carbocycles. The summed E-state index contributed by atoms with van der Waals surface area (Å²) in [6.45, 7) is -2.05. The van der Waals surface area contributed by atoms with E-state index < -0.39 is 91.7 Å². The van der Waals surface area contributed by atoms with E-state index in [2.05, 4.69) is 23.8 Å². The molecular weight excluding hydrogens is 741 g/mol. The summed E-state index contributed by atoms with van der Waals surface area (Å²) >= 11 is 0. The Morgan fingerprint density at radius 2 is 1.58 bits per heavy atom. The summed E-state index contributed by atoms with van der Waals surface area (Å²) in [6, 6.07) is 2.59. The summed E-state index contributed by atoms with van der Waals surface area (Å²) in [7, 11) is -16.3. The molecule has 0 spiro atoms. The Kier molecular flexibility index (Phi) is 10.1. The van der Waals surface area contributed by atoms with E-state index in [0.717, 1.165) is 10.8 Å². The van der Waals surface area contributed by atoms with Gasteiger partial charge in [-0.3, -0.25) is 22.5 Å². The monoisotopic (exact) mass is 769 g/mol. The number of phosphoric ester groups is 3. The lowest BCUT2D eigenvalue weighted by molar-refractivity contribution is -0.765. The van der Waals surface area contributed by atoms with Gasteiger partial charge in [-0.15, -0.1) is 0 Å². The van der Waals surface area contributed by atoms with Crippen molar-refractivity contribution in [3.63, 3.8) is 0 Å². The van der Waals surface area contributed by atoms with Crippen LogP contribution in [0.5, 0.6) is 0 Å². The number of aliphatic hydroxyl groups excluding tert-OH is 3. The van der Waals surface area contributed by atoms with Gasteiger partial charge in [0.1, 0.15) is 42.4 Å². The number of carbonyl (C=O) groups is 1. The molecule has 6 rings (SSSR count). The molecule has 4 aromatic heterocycles. The Balaban J connectivity index is 1.09. The van der Waals surface area contributed by atoms with Gasteiger partial charge in [0.05, 0.1) is 19.5 Å². The van der Waals surface area contributed by atoms with Gasteiger partial charge in [-0.1, -0.05) is 0 Å². The number of imidazole rings is 2. The summed E-state index contributed by atoms with van der Waals surface area (Å²) in [6.07, 6.45) is -5.21. The first-order valence-electron chi connectivity index (χ1n) is 14.1. The number of phosphoric acid groups is 3. The average Bonchev–Trinajstić information content (AvgIpc) is 3.80. The Labute approximate surface area is 278 Å². The second kappa shape index (κ2) is 13.8. The molecule has 4 aromatic rings. The van der Waals surface area contributed by atoms with E-state index in [4.69, 9.17) is 18.5 Å². The van der Waals surface area contributed by atoms with Crippen molar-refractivity contribution in [3.8, 4) is 0 Å². The number of aliphatic hydroxyl groups is 3. The third-order valence-corrected chi connectivity index (χ3v) is 10.6. The van der Waals surface area contributed by atoms with Crippen LogP contribution in [0.2, 0.25) is 0 Å². The van der Waals surface area contributed by atoms with E-state index >= 15 is 0 Å². The molecule has 8 N–H and O–H groups in total. The van der Waals surface area contributed by atoms with Crippen molar-refractivity contribution in [2.75, 3.05) is 13.2 Å². The lowest BCUT2D eigenvalue weighted by Crippen LogP contribution is -2.46. The molecule has 27 heteroatoms. The second-order valence-corrected chi connectivity index (χ2v) is 15.1. The van der Waals surface area contributed by atoms with E-state index in [9.17, 15) is 58.5 Å². The topological polar surface area (TPSA) is 337 Å². The number of carboxylic acid groups (broad SMARTS) is 1. The van der Waals surface area contributed by atoms with E-state index in [0.29, 0.717) is 5.65 Å². The van der Waals surface area contributed by atoms with Crippen molar-refractivity contribution in [3.05, 3.63) is 55.1 Å². The van der Waals surface area contributed by atoms with Gasteiger partial charge in [0.25, 0.3) is 6.23 Å². The molecule has 0 aliphatic carbocycles. The third-order valence-electron chi connectivity index (χ3n) is 7.51. The Bertz CT molecular complexity index is 2040. The van der Waals surface area contributed by atoms with Crippen molar-refractivity contribution in [1.29, 1.82) is 0 Å². The number of pyridine rings is 1. The molecule has 2 saturated heterocycles. The largest absolute Gasteiger partial charge is 0.481 e. The number of carboxylic acids is 1. The molecule has 10 atom stereocenters. The van der Waals surface area contributed by atoms with E-state index in [-0.39, 0.29) is 16.7 Å². The number of hydrogen-bond acceptors (Lipinski definition) is 16. The zero-order valence-electron chi connectivity index (χ0n) is 24.8. The molecule has 0 saturated carbocycles. The zero-order chi connectivity index (χ0) is 36.2. The molecule has 2 fully saturated rings. The maximum Gasteiger partial charge on any atom is 0.481 e. The van der Waals surface area contributed by atoms with Crippen molar-refractivity contribution in [1.82, 2.24) is 23.9 Å². The minimum absolute atomic E-state index is 0.0962. The Hall–Kier alpha value is -3.12. The quantitative estimate of drug-likeness (QED) is 0.0559. The molecule has 272 valence electrons. The molecule has 0 bridgehead atoms. The molecule has 0 radical (unpaired) electrons. The number of hydrogen-bond donors (Lipinski definition) is 8. The highest BCUT2D eigenvalue weighted by molar-refractivity contribution is 7.61. The van der Waals surface area contributed by atoms with Crippen LogP contribution in [0.25, 0.3) is 16.8 Å². The first-order valence-corrected chi connectivity index (χ1v) is 18.6. The van der Waals surface area contributed by atoms with Crippen LogP contribution in [-0.2, 0) is 41.1 Å². The standard InChI is InChI=1S/C23H27N6O18P3/c30-15-12(44-21(17(15)32)27-4-1-2-11(6-27)23(33)34)7-42-49(38,39)47-50(40,41)43-8-13-16(31)18(46-48(35,36)37)22(45-13)29-10-25-14-19-24-3-5-28(19)9-26-20(14)29/h1-6,9-10,12-13,15-18,21-22,30-32H,7-8H2,(H4-,33,34,35,36,37,38,39,40,41)/p+1. The first-order chi connectivity index (χ1) is 23.4. The number of fused-ring (bicyclic) bond motifs is 3. The van der Waals surface area contributed by atoms with Gasteiger partial charge in [0.15, 0.2) is 41.5 Å². The van der Waals surface area contributed by atoms with Gasteiger partial charge < -0.3 is 49.5 Å². The van der Waals surface area contributed by atoms with Gasteiger partial charge in [-0.25, -0.2) is 33.4 Å². The van der Waals surface area contributed by atoms with Gasteiger partial charge in [0.2, 0.25) is 0 Å². The maximum atomic E-state index is 12.6. The van der Waals surface area contributed by atoms with Crippen LogP contribution in [0, 0.1) is 0 Å². The van der Waals surface area contributed by atoms with Gasteiger partial charge in [-0.05, 0) is 6.07 Å². The van der Waals surface area contributed by atoms with E-state index in [1.807, 2.05) is 0 Å². The predicted octanol–water partition coefficient (Wildman–Crippen LogP) is -1.63. The highest BCUT2D eigenvalue weighted by Crippen LogP contribution is 2.61. The molecule has 0 amide bonds. The molecule has 10 unspecified atom stereocenters. The average molecular weight is 769 g/mol. The summed E-state index contributed by atoms with van der Waals surface area (Å²) in [5.74, 6) is -1.29. The second-order valence-electron chi connectivity index (χ2n) is 10.8. The van der Waals surface area contributed by atoms with Gasteiger partial charge in [-0.2, -0.15) is 8.88 Å². The summed E-state index contributed by atoms with van der Waals surface area (Å²) < 4.78 is 70.3. The summed E-state index contributed by atoms with van der Waals surface area (Å²) in [5, 5.41) is 40.8. The van der Waals surface area contributed by atoms with Crippen molar-refractivity contribution in [2.24, 2.45) is 0 Å². The van der Waals surface area contributed by atoms with Gasteiger partial charge >= 0.3 is 29.4 Å². The SMILES string of the molecule is O=C(O)c1ccc[n+](C2OC(COP(=O)(O)OP(=O)(O)OCC3OC(n4cnc5c4ncn4ccnc54)C(OP(=O)(O)O)C3O)C(O)C2O)c1. The first kappa shape index (κ1) is 36.7. The Morgan fingerprint density at radius 1 is 0.900 bits per heavy atom. The lowest BCUT2D eigenvalue weighted by atomic mass is 10.1. The van der Waals surface area contributed by atoms with Gasteiger partial charge in [0, 0.05) is 18.5 Å². The van der Waals surface area contributed by atoms with Crippen molar-refractivity contribution < 1.29 is 90.4 Å². The number of rotatable bonds is 13. The van der Waals surface area contributed by atoms with Crippen LogP contribution in [0.3, 0.4) is 0 Å². The third kappa shape index (κ3) is 7.71. The predicted molar refractivity (Wildman–Crippen MR) is 155 cm³/mol. The fourth-order valence-corrected chi connectivity index (χ4v) is 7.93. The normalized spacial score (nSPS) is 29.7. The van der Waals surface area contributed by atoms with Crippen molar-refractivity contribution in [2.45, 2.75) is 49.1 Å². The van der Waals surface area contributed by atoms with Crippen molar-refractivity contribution >= 4 is 46.2 Å². The van der Waals surface area contributed by atoms with Crippen LogP contribution < -0.4 is 4.57 Å². The number of aromatic carboxylic acids is 1. The van der Waals surface area contributed by atoms with E-state index in [1.165, 1.54) is 46.1 Å². The van der Waals surface area contributed by atoms with E-state index in [1.54, 1.807) is 6.20 Å². The summed E-state index contributed by atoms with van der Waals surface area (Å²) in [5.41, 5.74) is 0.523. The van der Waals surface area contributed by atoms with Crippen LogP contribution in [-0.4, -0.2) is 120 Å². The smallest absolute Gasteiger partial charge is 0.477 e. The molecule has 24 nitrogen and oxygen atoms in total. The number of nitrogens with zero attached hydrogens (tertiary/aromatic N) is 6. The number of ether oxygens (including phenoxy) is 2. The molecule has 2 aliphatic heterocycles. The number of aromatic nitrogens is 6. The summed E-state index contributed by atoms with van der Waals surface area (Å²) in [4.78, 5) is 63.0. The molecule has 2 aliphatic rings. The van der Waals surface area contributed by atoms with Crippen LogP contribution in [0.1, 0.15) is 22.8 Å².